The van der Waals surface area contributed by atoms with Crippen LogP contribution in [0.2, 0.25) is 0 Å². The molecule has 0 aliphatic rings. The first kappa shape index (κ1) is 30.7. The molecule has 1 atom stereocenters. The van der Waals surface area contributed by atoms with Gasteiger partial charge in [-0.15, -0.1) is 0 Å². The number of ether oxygens (including phenoxy) is 1. The van der Waals surface area contributed by atoms with Gasteiger partial charge in [0, 0.05) is 0 Å². The molecule has 2 heteroatoms. The lowest BCUT2D eigenvalue weighted by Gasteiger charge is -2.17. The number of esters is 1. The maximum atomic E-state index is 12.3. The molecule has 0 saturated carbocycles. The van der Waals surface area contributed by atoms with Crippen molar-refractivity contribution in [1.82, 2.24) is 0 Å². The minimum atomic E-state index is -0.0739. The van der Waals surface area contributed by atoms with Crippen LogP contribution in [0, 0.1) is 5.92 Å². The molecule has 0 heterocycles. The van der Waals surface area contributed by atoms with Crippen molar-refractivity contribution in [3.63, 3.8) is 0 Å². The van der Waals surface area contributed by atoms with E-state index in [1.165, 1.54) is 128 Å². The molecule has 0 fully saturated rings. The summed E-state index contributed by atoms with van der Waals surface area (Å²) in [5.74, 6) is 0.462. The van der Waals surface area contributed by atoms with E-state index >= 15 is 0 Å². The summed E-state index contributed by atoms with van der Waals surface area (Å²) >= 11 is 0. The number of hydrogen-bond donors (Lipinski definition) is 0. The summed E-state index contributed by atoms with van der Waals surface area (Å²) < 4.78 is 5.73. The largest absolute Gasteiger partial charge is 0.465 e. The molecule has 0 aliphatic heterocycles. The molecule has 34 heavy (non-hydrogen) atoms. The number of benzene rings is 1. The maximum Gasteiger partial charge on any atom is 0.310 e. The molecule has 0 aromatic heterocycles. The molecule has 1 unspecified atom stereocenters. The van der Waals surface area contributed by atoms with Crippen LogP contribution < -0.4 is 0 Å². The second kappa shape index (κ2) is 23.4. The van der Waals surface area contributed by atoms with E-state index in [1.807, 2.05) is 30.3 Å². The third-order valence-electron chi connectivity index (χ3n) is 7.10. The monoisotopic (exact) mass is 472 g/mol. The predicted molar refractivity (Wildman–Crippen MR) is 148 cm³/mol. The van der Waals surface area contributed by atoms with Gasteiger partial charge in [-0.2, -0.15) is 0 Å². The molecule has 0 bridgehead atoms. The Morgan fingerprint density at radius 2 is 1.03 bits per heavy atom. The molecular weight excluding hydrogens is 416 g/mol. The van der Waals surface area contributed by atoms with Gasteiger partial charge in [0.25, 0.3) is 0 Å². The van der Waals surface area contributed by atoms with Gasteiger partial charge in [-0.1, -0.05) is 160 Å². The van der Waals surface area contributed by atoms with Crippen molar-refractivity contribution in [2.24, 2.45) is 5.92 Å². The Kier molecular flexibility index (Phi) is 21.2. The van der Waals surface area contributed by atoms with Gasteiger partial charge in [0.15, 0.2) is 0 Å². The normalized spacial score (nSPS) is 12.1. The Morgan fingerprint density at radius 3 is 1.47 bits per heavy atom. The first-order chi connectivity index (χ1) is 16.8. The third-order valence-corrected chi connectivity index (χ3v) is 7.10. The average molecular weight is 473 g/mol. The van der Waals surface area contributed by atoms with Gasteiger partial charge in [0.2, 0.25) is 0 Å². The minimum Gasteiger partial charge on any atom is -0.465 e. The summed E-state index contributed by atoms with van der Waals surface area (Å²) in [6, 6.07) is 9.96. The zero-order valence-corrected chi connectivity index (χ0v) is 22.8. The molecule has 0 aliphatic carbocycles. The Balaban J connectivity index is 2.22. The van der Waals surface area contributed by atoms with Crippen LogP contribution in [0.15, 0.2) is 30.3 Å². The highest BCUT2D eigenvalue weighted by Crippen LogP contribution is 2.20. The van der Waals surface area contributed by atoms with E-state index in [-0.39, 0.29) is 5.97 Å². The number of rotatable bonds is 24. The van der Waals surface area contributed by atoms with E-state index in [2.05, 4.69) is 13.8 Å². The van der Waals surface area contributed by atoms with Crippen molar-refractivity contribution in [2.45, 2.75) is 149 Å². The first-order valence-electron chi connectivity index (χ1n) is 15.0. The van der Waals surface area contributed by atoms with E-state index in [4.69, 9.17) is 4.74 Å². The Labute approximate surface area is 212 Å². The first-order valence-corrected chi connectivity index (χ1v) is 15.0. The number of hydrogen-bond acceptors (Lipinski definition) is 2. The summed E-state index contributed by atoms with van der Waals surface area (Å²) in [5.41, 5.74) is 1.04. The quantitative estimate of drug-likeness (QED) is 0.110. The smallest absolute Gasteiger partial charge is 0.310 e. The van der Waals surface area contributed by atoms with Crippen LogP contribution in [0.3, 0.4) is 0 Å². The highest BCUT2D eigenvalue weighted by molar-refractivity contribution is 5.72. The van der Waals surface area contributed by atoms with E-state index < -0.39 is 0 Å². The number of carbonyl (C=O) groups is 1. The minimum absolute atomic E-state index is 0.0739. The fraction of sp³-hybridized carbons (Fsp3) is 0.781. The summed E-state index contributed by atoms with van der Waals surface area (Å²) in [7, 11) is 0. The van der Waals surface area contributed by atoms with E-state index in [1.54, 1.807) is 0 Å². The maximum absolute atomic E-state index is 12.3. The summed E-state index contributed by atoms with van der Waals surface area (Å²) in [4.78, 5) is 12.3. The molecule has 1 aromatic rings. The Bertz CT molecular complexity index is 553. The van der Waals surface area contributed by atoms with Crippen molar-refractivity contribution in [1.29, 1.82) is 0 Å². The molecule has 0 spiro atoms. The van der Waals surface area contributed by atoms with Gasteiger partial charge in [-0.3, -0.25) is 4.79 Å². The molecular formula is C32H56O2. The Hall–Kier alpha value is -1.31. The summed E-state index contributed by atoms with van der Waals surface area (Å²) in [6.07, 6.45) is 27.5. The fourth-order valence-electron chi connectivity index (χ4n) is 4.82. The van der Waals surface area contributed by atoms with E-state index in [9.17, 15) is 4.79 Å². The van der Waals surface area contributed by atoms with Gasteiger partial charge in [0.1, 0.15) is 0 Å². The number of carbonyl (C=O) groups excluding carboxylic acids is 1. The van der Waals surface area contributed by atoms with Crippen molar-refractivity contribution in [3.8, 4) is 0 Å². The SMILES string of the molecule is CCCCCCCCCCCCC(CCCCCCCCCC)COC(=O)Cc1ccccc1. The van der Waals surface area contributed by atoms with E-state index in [0.717, 1.165) is 5.56 Å². The second-order valence-electron chi connectivity index (χ2n) is 10.4. The van der Waals surface area contributed by atoms with Gasteiger partial charge in [-0.05, 0) is 24.3 Å². The molecule has 0 radical (unpaired) electrons. The lowest BCUT2D eigenvalue weighted by molar-refractivity contribution is -0.144. The summed E-state index contributed by atoms with van der Waals surface area (Å²) in [6.45, 7) is 5.17. The van der Waals surface area contributed by atoms with Crippen LogP contribution in [-0.4, -0.2) is 12.6 Å². The van der Waals surface area contributed by atoms with Crippen LogP contribution in [0.25, 0.3) is 0 Å². The topological polar surface area (TPSA) is 26.3 Å². The van der Waals surface area contributed by atoms with Crippen molar-refractivity contribution in [3.05, 3.63) is 35.9 Å². The highest BCUT2D eigenvalue weighted by Gasteiger charge is 2.13. The van der Waals surface area contributed by atoms with Gasteiger partial charge < -0.3 is 4.74 Å². The molecule has 1 rings (SSSR count). The standard InChI is InChI=1S/C32H56O2/c1-3-5-7-9-11-13-14-16-18-21-27-31(26-20-17-15-12-10-8-6-4-2)29-34-32(33)28-30-24-22-19-23-25-30/h19,22-25,31H,3-18,20-21,26-29H2,1-2H3. The second-order valence-corrected chi connectivity index (χ2v) is 10.4. The molecule has 0 saturated heterocycles. The lowest BCUT2D eigenvalue weighted by Crippen LogP contribution is -2.16. The third kappa shape index (κ3) is 19.0. The van der Waals surface area contributed by atoms with Gasteiger partial charge >= 0.3 is 5.97 Å². The fourth-order valence-corrected chi connectivity index (χ4v) is 4.82. The van der Waals surface area contributed by atoms with E-state index in [0.29, 0.717) is 18.9 Å². The lowest BCUT2D eigenvalue weighted by atomic mass is 9.94. The van der Waals surface area contributed by atoms with Crippen LogP contribution in [0.4, 0.5) is 0 Å². The van der Waals surface area contributed by atoms with Crippen molar-refractivity contribution in [2.75, 3.05) is 6.61 Å². The predicted octanol–water partition coefficient (Wildman–Crippen LogP) is 10.2. The van der Waals surface area contributed by atoms with Gasteiger partial charge in [-0.25, -0.2) is 0 Å². The molecule has 2 nitrogen and oxygen atoms in total. The van der Waals surface area contributed by atoms with Gasteiger partial charge in [0.05, 0.1) is 13.0 Å². The zero-order valence-electron chi connectivity index (χ0n) is 22.8. The highest BCUT2D eigenvalue weighted by atomic mass is 16.5. The van der Waals surface area contributed by atoms with Crippen molar-refractivity contribution >= 4 is 5.97 Å². The molecule has 0 N–H and O–H groups in total. The molecule has 1 aromatic carbocycles. The zero-order chi connectivity index (χ0) is 24.5. The van der Waals surface area contributed by atoms with Crippen LogP contribution in [0.5, 0.6) is 0 Å². The molecule has 196 valence electrons. The average Bonchev–Trinajstić information content (AvgIpc) is 2.85. The van der Waals surface area contributed by atoms with Crippen molar-refractivity contribution < 1.29 is 9.53 Å². The number of unbranched alkanes of at least 4 members (excludes halogenated alkanes) is 16. The van der Waals surface area contributed by atoms with Crippen LogP contribution >= 0.6 is 0 Å². The Morgan fingerprint density at radius 1 is 0.618 bits per heavy atom. The molecule has 0 amide bonds. The summed E-state index contributed by atoms with van der Waals surface area (Å²) in [5, 5.41) is 0. The van der Waals surface area contributed by atoms with Crippen LogP contribution in [0.1, 0.15) is 148 Å². The van der Waals surface area contributed by atoms with Crippen LogP contribution in [-0.2, 0) is 16.0 Å².